The fourth-order valence-electron chi connectivity index (χ4n) is 1.54. The fourth-order valence-corrected chi connectivity index (χ4v) is 2.25. The Bertz CT molecular complexity index is 499. The first-order chi connectivity index (χ1) is 8.90. The van der Waals surface area contributed by atoms with Gasteiger partial charge in [-0.25, -0.2) is 13.1 Å². The van der Waals surface area contributed by atoms with Gasteiger partial charge in [-0.15, -0.1) is 0 Å². The molecule has 5 nitrogen and oxygen atoms in total. The quantitative estimate of drug-likeness (QED) is 0.829. The Morgan fingerprint density at radius 2 is 1.95 bits per heavy atom. The lowest BCUT2D eigenvalue weighted by atomic mass is 10.1. The molecule has 0 saturated heterocycles. The van der Waals surface area contributed by atoms with E-state index in [1.807, 2.05) is 24.3 Å². The van der Waals surface area contributed by atoms with E-state index in [4.69, 9.17) is 9.47 Å². The topological polar surface area (TPSA) is 64.6 Å². The summed E-state index contributed by atoms with van der Waals surface area (Å²) in [5, 5.41) is -0.463. The summed E-state index contributed by atoms with van der Waals surface area (Å²) in [4.78, 5) is 0. The zero-order valence-corrected chi connectivity index (χ0v) is 12.5. The normalized spacial score (nSPS) is 13.5. The van der Waals surface area contributed by atoms with E-state index in [1.165, 1.54) is 0 Å². The van der Waals surface area contributed by atoms with Crippen molar-refractivity contribution in [3.8, 4) is 5.75 Å². The monoisotopic (exact) mass is 287 g/mol. The second-order valence-corrected chi connectivity index (χ2v) is 6.76. The van der Waals surface area contributed by atoms with Crippen LogP contribution in [0.4, 0.5) is 0 Å². The Kier molecular flexibility index (Phi) is 5.78. The zero-order valence-electron chi connectivity index (χ0n) is 11.7. The van der Waals surface area contributed by atoms with E-state index < -0.39 is 15.3 Å². The van der Waals surface area contributed by atoms with Gasteiger partial charge in [0.25, 0.3) is 0 Å². The van der Waals surface area contributed by atoms with E-state index in [0.717, 1.165) is 5.56 Å². The number of benzene rings is 1. The molecule has 0 amide bonds. The minimum Gasteiger partial charge on any atom is -0.497 e. The van der Waals surface area contributed by atoms with Crippen molar-refractivity contribution >= 4 is 10.0 Å². The van der Waals surface area contributed by atoms with Crippen LogP contribution in [0.2, 0.25) is 0 Å². The molecule has 1 N–H and O–H groups in total. The number of hydrogen-bond acceptors (Lipinski definition) is 4. The second kappa shape index (κ2) is 6.88. The van der Waals surface area contributed by atoms with Crippen LogP contribution < -0.4 is 9.46 Å². The lowest BCUT2D eigenvalue weighted by Crippen LogP contribution is -2.34. The van der Waals surface area contributed by atoms with Gasteiger partial charge in [-0.05, 0) is 31.5 Å². The maximum atomic E-state index is 11.7. The summed E-state index contributed by atoms with van der Waals surface area (Å²) in [6, 6.07) is 7.38. The third kappa shape index (κ3) is 4.49. The fraction of sp³-hybridized carbons (Fsp3) is 0.538. The molecule has 0 bridgehead atoms. The first-order valence-electron chi connectivity index (χ1n) is 6.06. The Morgan fingerprint density at radius 1 is 1.26 bits per heavy atom. The van der Waals surface area contributed by atoms with Crippen molar-refractivity contribution in [3.63, 3.8) is 0 Å². The SMILES string of the molecule is COc1cccc(C(CNS(=O)(=O)C(C)C)OC)c1. The van der Waals surface area contributed by atoms with Crippen LogP contribution >= 0.6 is 0 Å². The molecule has 0 aliphatic rings. The molecule has 0 heterocycles. The molecule has 0 aliphatic carbocycles. The molecule has 0 aliphatic heterocycles. The van der Waals surface area contributed by atoms with Gasteiger partial charge in [0.05, 0.1) is 18.5 Å². The van der Waals surface area contributed by atoms with Crippen LogP contribution in [-0.4, -0.2) is 34.4 Å². The third-order valence-electron chi connectivity index (χ3n) is 2.84. The maximum absolute atomic E-state index is 11.7. The van der Waals surface area contributed by atoms with Gasteiger partial charge in [-0.1, -0.05) is 12.1 Å². The second-order valence-electron chi connectivity index (χ2n) is 4.44. The maximum Gasteiger partial charge on any atom is 0.214 e. The lowest BCUT2D eigenvalue weighted by molar-refractivity contribution is 0.107. The number of methoxy groups -OCH3 is 2. The molecule has 108 valence electrons. The highest BCUT2D eigenvalue weighted by Crippen LogP contribution is 2.21. The molecular formula is C13H21NO4S. The minimum absolute atomic E-state index is 0.199. The summed E-state index contributed by atoms with van der Waals surface area (Å²) in [6.45, 7) is 3.47. The Labute approximate surface area is 115 Å². The summed E-state index contributed by atoms with van der Waals surface area (Å²) in [5.41, 5.74) is 0.869. The Hall–Kier alpha value is -1.11. The number of sulfonamides is 1. The van der Waals surface area contributed by atoms with Gasteiger partial charge in [0, 0.05) is 13.7 Å². The van der Waals surface area contributed by atoms with Crippen LogP contribution in [0, 0.1) is 0 Å². The predicted molar refractivity (Wildman–Crippen MR) is 74.8 cm³/mol. The van der Waals surface area contributed by atoms with Crippen LogP contribution in [0.1, 0.15) is 25.5 Å². The van der Waals surface area contributed by atoms with E-state index in [9.17, 15) is 8.42 Å². The average Bonchev–Trinajstić information content (AvgIpc) is 2.39. The molecular weight excluding hydrogens is 266 g/mol. The Balaban J connectivity index is 2.78. The highest BCUT2D eigenvalue weighted by molar-refractivity contribution is 7.90. The Morgan fingerprint density at radius 3 is 2.47 bits per heavy atom. The largest absolute Gasteiger partial charge is 0.497 e. The van der Waals surface area contributed by atoms with Gasteiger partial charge in [-0.3, -0.25) is 0 Å². The van der Waals surface area contributed by atoms with Crippen LogP contribution in [0.3, 0.4) is 0 Å². The molecule has 0 aromatic heterocycles. The molecule has 0 fully saturated rings. The van der Waals surface area contributed by atoms with E-state index in [2.05, 4.69) is 4.72 Å². The molecule has 1 unspecified atom stereocenters. The van der Waals surface area contributed by atoms with Crippen LogP contribution in [0.15, 0.2) is 24.3 Å². The summed E-state index contributed by atoms with van der Waals surface area (Å²) in [5.74, 6) is 0.714. The van der Waals surface area contributed by atoms with Crippen molar-refractivity contribution < 1.29 is 17.9 Å². The molecule has 1 atom stereocenters. The first kappa shape index (κ1) is 15.9. The van der Waals surface area contributed by atoms with E-state index in [0.29, 0.717) is 5.75 Å². The number of rotatable bonds is 7. The molecule has 1 aromatic carbocycles. The summed E-state index contributed by atoms with van der Waals surface area (Å²) in [7, 11) is -0.153. The minimum atomic E-state index is -3.29. The highest BCUT2D eigenvalue weighted by Gasteiger charge is 2.19. The molecule has 0 radical (unpaired) electrons. The molecule has 1 aromatic rings. The molecule has 6 heteroatoms. The van der Waals surface area contributed by atoms with Gasteiger partial charge in [0.1, 0.15) is 5.75 Å². The van der Waals surface area contributed by atoms with Gasteiger partial charge < -0.3 is 9.47 Å². The van der Waals surface area contributed by atoms with Crippen molar-refractivity contribution in [3.05, 3.63) is 29.8 Å². The van der Waals surface area contributed by atoms with E-state index in [-0.39, 0.29) is 12.6 Å². The van der Waals surface area contributed by atoms with E-state index >= 15 is 0 Å². The standard InChI is InChI=1S/C13H21NO4S/c1-10(2)19(15,16)14-9-13(18-4)11-6-5-7-12(8-11)17-3/h5-8,10,13-14H,9H2,1-4H3. The third-order valence-corrected chi connectivity index (χ3v) is 4.65. The number of ether oxygens (including phenoxy) is 2. The molecule has 0 saturated carbocycles. The van der Waals surface area contributed by atoms with Crippen molar-refractivity contribution in [2.45, 2.75) is 25.2 Å². The van der Waals surface area contributed by atoms with Crippen molar-refractivity contribution in [2.75, 3.05) is 20.8 Å². The highest BCUT2D eigenvalue weighted by atomic mass is 32.2. The van der Waals surface area contributed by atoms with Crippen molar-refractivity contribution in [2.24, 2.45) is 0 Å². The van der Waals surface area contributed by atoms with E-state index in [1.54, 1.807) is 28.1 Å². The van der Waals surface area contributed by atoms with Crippen molar-refractivity contribution in [1.29, 1.82) is 0 Å². The summed E-state index contributed by atoms with van der Waals surface area (Å²) in [6.07, 6.45) is -0.344. The van der Waals surface area contributed by atoms with Crippen LogP contribution in [-0.2, 0) is 14.8 Å². The van der Waals surface area contributed by atoms with Gasteiger partial charge in [-0.2, -0.15) is 0 Å². The number of nitrogens with one attached hydrogen (secondary N) is 1. The predicted octanol–water partition coefficient (Wildman–Crippen LogP) is 1.71. The lowest BCUT2D eigenvalue weighted by Gasteiger charge is -2.18. The first-order valence-corrected chi connectivity index (χ1v) is 7.60. The average molecular weight is 287 g/mol. The zero-order chi connectivity index (χ0) is 14.5. The van der Waals surface area contributed by atoms with Gasteiger partial charge in [0.15, 0.2) is 0 Å². The van der Waals surface area contributed by atoms with Crippen LogP contribution in [0.25, 0.3) is 0 Å². The summed E-state index contributed by atoms with van der Waals surface area (Å²) < 4.78 is 36.4. The van der Waals surface area contributed by atoms with Gasteiger partial charge >= 0.3 is 0 Å². The molecule has 0 spiro atoms. The molecule has 1 rings (SSSR count). The smallest absolute Gasteiger partial charge is 0.214 e. The number of hydrogen-bond donors (Lipinski definition) is 1. The van der Waals surface area contributed by atoms with Gasteiger partial charge in [0.2, 0.25) is 10.0 Å². The molecule has 19 heavy (non-hydrogen) atoms. The van der Waals surface area contributed by atoms with Crippen LogP contribution in [0.5, 0.6) is 5.75 Å². The summed E-state index contributed by atoms with van der Waals surface area (Å²) >= 11 is 0. The van der Waals surface area contributed by atoms with Crippen molar-refractivity contribution in [1.82, 2.24) is 4.72 Å².